The Morgan fingerprint density at radius 3 is 2.95 bits per heavy atom. The summed E-state index contributed by atoms with van der Waals surface area (Å²) in [5.41, 5.74) is 0.949. The third-order valence-corrected chi connectivity index (χ3v) is 3.27. The minimum atomic E-state index is -0.0720. The number of halogens is 1. The van der Waals surface area contributed by atoms with Crippen LogP contribution in [0.1, 0.15) is 18.4 Å². The number of nitrogens with one attached hydrogen (secondary N) is 2. The first-order valence-corrected chi connectivity index (χ1v) is 6.89. The van der Waals surface area contributed by atoms with Crippen LogP contribution in [-0.2, 0) is 11.3 Å². The summed E-state index contributed by atoms with van der Waals surface area (Å²) in [7, 11) is 1.85. The molecule has 0 heterocycles. The smallest absolute Gasteiger partial charge is 0.257 e. The Labute approximate surface area is 118 Å². The van der Waals surface area contributed by atoms with Gasteiger partial charge >= 0.3 is 0 Å². The summed E-state index contributed by atoms with van der Waals surface area (Å²) in [5.74, 6) is 1.30. The van der Waals surface area contributed by atoms with Gasteiger partial charge in [-0.2, -0.15) is 0 Å². The van der Waals surface area contributed by atoms with Crippen LogP contribution in [0.3, 0.4) is 0 Å². The molecule has 1 aliphatic rings. The molecule has 1 aromatic carbocycles. The summed E-state index contributed by atoms with van der Waals surface area (Å²) in [6, 6.07) is 5.40. The molecular weight excluding hydrogens is 264 g/mol. The molecule has 0 bridgehead atoms. The lowest BCUT2D eigenvalue weighted by Gasteiger charge is -2.11. The van der Waals surface area contributed by atoms with E-state index in [1.165, 1.54) is 12.8 Å². The molecule has 0 aliphatic heterocycles. The Balaban J connectivity index is 1.84. The van der Waals surface area contributed by atoms with Crippen molar-refractivity contribution >= 4 is 17.5 Å². The lowest BCUT2D eigenvalue weighted by molar-refractivity contribution is -0.123. The second-order valence-corrected chi connectivity index (χ2v) is 5.25. The van der Waals surface area contributed by atoms with Crippen LogP contribution in [0.4, 0.5) is 0 Å². The van der Waals surface area contributed by atoms with Gasteiger partial charge in [0.1, 0.15) is 5.75 Å². The lowest BCUT2D eigenvalue weighted by atomic mass is 10.2. The fraction of sp³-hybridized carbons (Fsp3) is 0.500. The molecular formula is C14H19ClN2O2. The zero-order chi connectivity index (χ0) is 13.7. The molecule has 0 unspecified atom stereocenters. The molecule has 19 heavy (non-hydrogen) atoms. The van der Waals surface area contributed by atoms with Gasteiger partial charge < -0.3 is 15.4 Å². The molecule has 1 amide bonds. The van der Waals surface area contributed by atoms with Crippen LogP contribution in [0.2, 0.25) is 5.02 Å². The Bertz CT molecular complexity index is 447. The monoisotopic (exact) mass is 282 g/mol. The van der Waals surface area contributed by atoms with Crippen molar-refractivity contribution in [1.82, 2.24) is 10.6 Å². The van der Waals surface area contributed by atoms with Crippen molar-refractivity contribution in [3.8, 4) is 5.75 Å². The molecule has 2 rings (SSSR count). The average molecular weight is 283 g/mol. The van der Waals surface area contributed by atoms with Crippen molar-refractivity contribution < 1.29 is 9.53 Å². The van der Waals surface area contributed by atoms with E-state index in [1.54, 1.807) is 12.1 Å². The van der Waals surface area contributed by atoms with E-state index in [9.17, 15) is 4.79 Å². The summed E-state index contributed by atoms with van der Waals surface area (Å²) < 4.78 is 5.55. The van der Waals surface area contributed by atoms with Gasteiger partial charge in [-0.1, -0.05) is 11.6 Å². The first-order chi connectivity index (χ1) is 9.19. The normalized spacial score (nSPS) is 14.2. The molecule has 5 heteroatoms. The van der Waals surface area contributed by atoms with Crippen LogP contribution in [0.5, 0.6) is 5.75 Å². The van der Waals surface area contributed by atoms with E-state index < -0.39 is 0 Å². The fourth-order valence-electron chi connectivity index (χ4n) is 1.79. The number of carbonyl (C=O) groups excluding carboxylic acids is 1. The standard InChI is InChI=1S/C14H19ClN2O2/c1-16-8-11-6-12(15)4-5-13(11)19-9-14(18)17-7-10-2-3-10/h4-6,10,16H,2-3,7-9H2,1H3,(H,17,18). The minimum Gasteiger partial charge on any atom is -0.483 e. The minimum absolute atomic E-state index is 0.0467. The van der Waals surface area contributed by atoms with Crippen LogP contribution in [0, 0.1) is 5.92 Å². The highest BCUT2D eigenvalue weighted by Gasteiger charge is 2.21. The van der Waals surface area contributed by atoms with E-state index in [1.807, 2.05) is 13.1 Å². The molecule has 1 aliphatic carbocycles. The van der Waals surface area contributed by atoms with Crippen LogP contribution < -0.4 is 15.4 Å². The van der Waals surface area contributed by atoms with E-state index in [2.05, 4.69) is 10.6 Å². The second-order valence-electron chi connectivity index (χ2n) is 4.82. The highest BCUT2D eigenvalue weighted by molar-refractivity contribution is 6.30. The van der Waals surface area contributed by atoms with Gasteiger partial charge in [-0.25, -0.2) is 0 Å². The number of ether oxygens (including phenoxy) is 1. The number of amides is 1. The van der Waals surface area contributed by atoms with E-state index >= 15 is 0 Å². The Morgan fingerprint density at radius 1 is 1.47 bits per heavy atom. The van der Waals surface area contributed by atoms with Crippen molar-refractivity contribution in [2.75, 3.05) is 20.2 Å². The van der Waals surface area contributed by atoms with Gasteiger partial charge in [0.05, 0.1) is 0 Å². The van der Waals surface area contributed by atoms with Crippen LogP contribution in [0.15, 0.2) is 18.2 Å². The second kappa shape index (κ2) is 6.78. The van der Waals surface area contributed by atoms with Gasteiger partial charge in [0, 0.05) is 23.7 Å². The third-order valence-electron chi connectivity index (χ3n) is 3.03. The molecule has 2 N–H and O–H groups in total. The maximum absolute atomic E-state index is 11.6. The van der Waals surface area contributed by atoms with Gasteiger partial charge in [-0.05, 0) is 44.0 Å². The van der Waals surface area contributed by atoms with E-state index in [-0.39, 0.29) is 12.5 Å². The Morgan fingerprint density at radius 2 is 2.26 bits per heavy atom. The molecule has 1 fully saturated rings. The Hall–Kier alpha value is -1.26. The van der Waals surface area contributed by atoms with Crippen LogP contribution in [0.25, 0.3) is 0 Å². The van der Waals surface area contributed by atoms with Crippen molar-refractivity contribution in [2.24, 2.45) is 5.92 Å². The molecule has 4 nitrogen and oxygen atoms in total. The van der Waals surface area contributed by atoms with Crippen LogP contribution >= 0.6 is 11.6 Å². The molecule has 1 aromatic rings. The first kappa shape index (κ1) is 14.2. The van der Waals surface area contributed by atoms with E-state index in [0.717, 1.165) is 12.1 Å². The van der Waals surface area contributed by atoms with Gasteiger partial charge in [0.25, 0.3) is 5.91 Å². The molecule has 0 atom stereocenters. The zero-order valence-electron chi connectivity index (χ0n) is 11.0. The van der Waals surface area contributed by atoms with Gasteiger partial charge in [-0.3, -0.25) is 4.79 Å². The molecule has 0 saturated heterocycles. The zero-order valence-corrected chi connectivity index (χ0v) is 11.8. The number of hydrogen-bond acceptors (Lipinski definition) is 3. The van der Waals surface area contributed by atoms with E-state index in [4.69, 9.17) is 16.3 Å². The van der Waals surface area contributed by atoms with Gasteiger partial charge in [-0.15, -0.1) is 0 Å². The third kappa shape index (κ3) is 4.73. The van der Waals surface area contributed by atoms with Gasteiger partial charge in [0.2, 0.25) is 0 Å². The topological polar surface area (TPSA) is 50.4 Å². The maximum Gasteiger partial charge on any atom is 0.257 e. The predicted octanol–water partition coefficient (Wildman–Crippen LogP) is 1.96. The fourth-order valence-corrected chi connectivity index (χ4v) is 1.99. The van der Waals surface area contributed by atoms with Crippen LogP contribution in [-0.4, -0.2) is 26.1 Å². The summed E-state index contributed by atoms with van der Waals surface area (Å²) in [6.45, 7) is 1.47. The largest absolute Gasteiger partial charge is 0.483 e. The van der Waals surface area contributed by atoms with Crippen molar-refractivity contribution in [3.63, 3.8) is 0 Å². The highest BCUT2D eigenvalue weighted by Crippen LogP contribution is 2.27. The first-order valence-electron chi connectivity index (χ1n) is 6.51. The molecule has 0 radical (unpaired) electrons. The summed E-state index contributed by atoms with van der Waals surface area (Å²) in [5, 5.41) is 6.58. The maximum atomic E-state index is 11.6. The summed E-state index contributed by atoms with van der Waals surface area (Å²) in [4.78, 5) is 11.6. The van der Waals surface area contributed by atoms with Crippen molar-refractivity contribution in [1.29, 1.82) is 0 Å². The molecule has 104 valence electrons. The summed E-state index contributed by atoms with van der Waals surface area (Å²) in [6.07, 6.45) is 2.45. The lowest BCUT2D eigenvalue weighted by Crippen LogP contribution is -2.30. The average Bonchev–Trinajstić information content (AvgIpc) is 3.20. The Kier molecular flexibility index (Phi) is 5.05. The van der Waals surface area contributed by atoms with E-state index in [0.29, 0.717) is 23.2 Å². The molecule has 1 saturated carbocycles. The van der Waals surface area contributed by atoms with Crippen molar-refractivity contribution in [2.45, 2.75) is 19.4 Å². The summed E-state index contributed by atoms with van der Waals surface area (Å²) >= 11 is 5.94. The van der Waals surface area contributed by atoms with Gasteiger partial charge in [0.15, 0.2) is 6.61 Å². The SMILES string of the molecule is CNCc1cc(Cl)ccc1OCC(=O)NCC1CC1. The number of benzene rings is 1. The highest BCUT2D eigenvalue weighted by atomic mass is 35.5. The number of carbonyl (C=O) groups is 1. The van der Waals surface area contributed by atoms with Crippen molar-refractivity contribution in [3.05, 3.63) is 28.8 Å². The number of hydrogen-bond donors (Lipinski definition) is 2. The quantitative estimate of drug-likeness (QED) is 0.804. The molecule has 0 spiro atoms. The predicted molar refractivity (Wildman–Crippen MR) is 75.4 cm³/mol. The number of rotatable bonds is 7. The molecule has 0 aromatic heterocycles.